The maximum absolute atomic E-state index is 6.11. The van der Waals surface area contributed by atoms with Gasteiger partial charge in [-0.2, -0.15) is 5.10 Å². The van der Waals surface area contributed by atoms with Crippen LogP contribution < -0.4 is 15.0 Å². The lowest BCUT2D eigenvalue weighted by atomic mass is 9.91. The fourth-order valence-electron chi connectivity index (χ4n) is 5.07. The molecule has 9 heteroatoms. The first-order chi connectivity index (χ1) is 16.8. The van der Waals surface area contributed by atoms with Crippen LogP contribution >= 0.6 is 0 Å². The molecule has 0 bridgehead atoms. The third-order valence-electron chi connectivity index (χ3n) is 6.87. The molecule has 0 unspecified atom stereocenters. The molecule has 2 aliphatic heterocycles. The fraction of sp³-hybridized carbons (Fsp3) is 0.400. The van der Waals surface area contributed by atoms with E-state index in [0.717, 1.165) is 60.9 Å². The minimum absolute atomic E-state index is 0.518. The standard InChI is InChI=1S/C25H29N7O2/c1-2-6-22-21(5-1)25(30-34-22)32-13-12-31-15-18(8-9-20(31)16-32)17-33-24-7-3-4-19(28-24)14-26-23-10-11-27-29-23/h1-7,10-11,18,20H,8-9,12-17H2,(H2,26,27,29)/t18-,20-/m1/s1. The average Bonchev–Trinajstić information content (AvgIpc) is 3.56. The van der Waals surface area contributed by atoms with Crippen molar-refractivity contribution in [2.75, 3.05) is 43.0 Å². The summed E-state index contributed by atoms with van der Waals surface area (Å²) in [6.07, 6.45) is 4.05. The van der Waals surface area contributed by atoms with Crippen molar-refractivity contribution >= 4 is 22.6 Å². The number of fused-ring (bicyclic) bond motifs is 2. The number of aromatic nitrogens is 4. The van der Waals surface area contributed by atoms with Crippen molar-refractivity contribution in [1.82, 2.24) is 25.2 Å². The largest absolute Gasteiger partial charge is 0.477 e. The van der Waals surface area contributed by atoms with Gasteiger partial charge in [0.05, 0.1) is 30.4 Å². The summed E-state index contributed by atoms with van der Waals surface area (Å²) in [4.78, 5) is 9.65. The van der Waals surface area contributed by atoms with Crippen LogP contribution in [0, 0.1) is 5.92 Å². The monoisotopic (exact) mass is 459 g/mol. The Labute approximate surface area is 198 Å². The smallest absolute Gasteiger partial charge is 0.213 e. The summed E-state index contributed by atoms with van der Waals surface area (Å²) in [5.41, 5.74) is 1.79. The summed E-state index contributed by atoms with van der Waals surface area (Å²) in [6, 6.07) is 16.5. The number of hydrogen-bond acceptors (Lipinski definition) is 8. The van der Waals surface area contributed by atoms with Gasteiger partial charge in [0.15, 0.2) is 11.4 Å². The third-order valence-corrected chi connectivity index (χ3v) is 6.87. The van der Waals surface area contributed by atoms with Crippen LogP contribution in [0.15, 0.2) is 59.3 Å². The van der Waals surface area contributed by atoms with Gasteiger partial charge < -0.3 is 19.5 Å². The van der Waals surface area contributed by atoms with E-state index >= 15 is 0 Å². The molecule has 2 fully saturated rings. The maximum atomic E-state index is 6.11. The van der Waals surface area contributed by atoms with Crippen LogP contribution in [-0.4, -0.2) is 64.1 Å². The second kappa shape index (κ2) is 9.34. The number of piperidine rings is 1. The molecule has 5 heterocycles. The topological polar surface area (TPSA) is 95.3 Å². The maximum Gasteiger partial charge on any atom is 0.213 e. The molecule has 0 aliphatic carbocycles. The zero-order valence-corrected chi connectivity index (χ0v) is 19.1. The van der Waals surface area contributed by atoms with E-state index in [-0.39, 0.29) is 0 Å². The second-order valence-electron chi connectivity index (χ2n) is 9.14. The van der Waals surface area contributed by atoms with Gasteiger partial charge >= 0.3 is 0 Å². The highest BCUT2D eigenvalue weighted by Crippen LogP contribution is 2.31. The number of para-hydroxylation sites is 1. The van der Waals surface area contributed by atoms with Crippen molar-refractivity contribution in [3.63, 3.8) is 0 Å². The Morgan fingerprint density at radius 2 is 2.03 bits per heavy atom. The molecule has 3 aromatic heterocycles. The average molecular weight is 460 g/mol. The predicted molar refractivity (Wildman–Crippen MR) is 130 cm³/mol. The summed E-state index contributed by atoms with van der Waals surface area (Å²) in [5.74, 6) is 3.06. The van der Waals surface area contributed by atoms with Gasteiger partial charge in [-0.15, -0.1) is 0 Å². The zero-order valence-electron chi connectivity index (χ0n) is 19.1. The van der Waals surface area contributed by atoms with E-state index in [4.69, 9.17) is 9.26 Å². The highest BCUT2D eigenvalue weighted by Gasteiger charge is 2.34. The van der Waals surface area contributed by atoms with Gasteiger partial charge in [-0.3, -0.25) is 10.00 Å². The number of hydrogen-bond donors (Lipinski definition) is 2. The normalized spacial score (nSPS) is 20.9. The number of benzene rings is 1. The summed E-state index contributed by atoms with van der Waals surface area (Å²) in [5, 5.41) is 15.6. The molecule has 9 nitrogen and oxygen atoms in total. The van der Waals surface area contributed by atoms with E-state index in [1.54, 1.807) is 6.20 Å². The van der Waals surface area contributed by atoms with Crippen molar-refractivity contribution in [2.24, 2.45) is 5.92 Å². The van der Waals surface area contributed by atoms with Gasteiger partial charge in [0.2, 0.25) is 5.88 Å². The second-order valence-corrected chi connectivity index (χ2v) is 9.14. The van der Waals surface area contributed by atoms with E-state index in [0.29, 0.717) is 31.0 Å². The van der Waals surface area contributed by atoms with E-state index in [2.05, 4.69) is 41.5 Å². The van der Waals surface area contributed by atoms with Crippen LogP contribution in [0.1, 0.15) is 18.5 Å². The van der Waals surface area contributed by atoms with E-state index in [9.17, 15) is 0 Å². The van der Waals surface area contributed by atoms with E-state index < -0.39 is 0 Å². The molecule has 2 aliphatic rings. The first kappa shape index (κ1) is 21.0. The minimum atomic E-state index is 0.518. The van der Waals surface area contributed by atoms with Gasteiger partial charge in [0.1, 0.15) is 5.82 Å². The predicted octanol–water partition coefficient (Wildman–Crippen LogP) is 3.54. The number of anilines is 2. The van der Waals surface area contributed by atoms with Crippen molar-refractivity contribution in [3.05, 3.63) is 60.4 Å². The highest BCUT2D eigenvalue weighted by atomic mass is 16.5. The Bertz CT molecular complexity index is 1220. The molecule has 6 rings (SSSR count). The quantitative estimate of drug-likeness (QED) is 0.433. The molecule has 2 saturated heterocycles. The van der Waals surface area contributed by atoms with Crippen LogP contribution in [0.2, 0.25) is 0 Å². The Balaban J connectivity index is 1.01. The van der Waals surface area contributed by atoms with Crippen LogP contribution in [0.4, 0.5) is 11.6 Å². The first-order valence-corrected chi connectivity index (χ1v) is 12.0. The lowest BCUT2D eigenvalue weighted by Crippen LogP contribution is -2.57. The van der Waals surface area contributed by atoms with Gasteiger partial charge in [0, 0.05) is 44.2 Å². The molecule has 2 N–H and O–H groups in total. The Morgan fingerprint density at radius 1 is 1.06 bits per heavy atom. The first-order valence-electron chi connectivity index (χ1n) is 12.0. The van der Waals surface area contributed by atoms with Crippen molar-refractivity contribution < 1.29 is 9.26 Å². The number of rotatable bonds is 7. The summed E-state index contributed by atoms with van der Waals surface area (Å²) in [6.45, 7) is 5.39. The van der Waals surface area contributed by atoms with Crippen LogP contribution in [-0.2, 0) is 6.54 Å². The lowest BCUT2D eigenvalue weighted by Gasteiger charge is -2.46. The molecule has 1 aromatic carbocycles. The number of pyridine rings is 1. The summed E-state index contributed by atoms with van der Waals surface area (Å²) >= 11 is 0. The Kier molecular flexibility index (Phi) is 5.76. The van der Waals surface area contributed by atoms with Crippen LogP contribution in [0.5, 0.6) is 5.88 Å². The fourth-order valence-corrected chi connectivity index (χ4v) is 5.07. The number of ether oxygens (including phenoxy) is 1. The molecular weight excluding hydrogens is 430 g/mol. The van der Waals surface area contributed by atoms with Crippen LogP contribution in [0.25, 0.3) is 11.0 Å². The van der Waals surface area contributed by atoms with Gasteiger partial charge in [-0.25, -0.2) is 4.98 Å². The molecule has 4 aromatic rings. The molecule has 2 atom stereocenters. The van der Waals surface area contributed by atoms with Crippen molar-refractivity contribution in [3.8, 4) is 5.88 Å². The number of H-pyrrole nitrogens is 1. The molecule has 0 radical (unpaired) electrons. The Hall–Kier alpha value is -3.59. The van der Waals surface area contributed by atoms with Crippen LogP contribution in [0.3, 0.4) is 0 Å². The van der Waals surface area contributed by atoms with Gasteiger partial charge in [-0.1, -0.05) is 23.4 Å². The van der Waals surface area contributed by atoms with Crippen molar-refractivity contribution in [2.45, 2.75) is 25.4 Å². The number of piperazine rings is 1. The number of nitrogens with zero attached hydrogens (tertiary/aromatic N) is 5. The summed E-state index contributed by atoms with van der Waals surface area (Å²) in [7, 11) is 0. The summed E-state index contributed by atoms with van der Waals surface area (Å²) < 4.78 is 11.6. The molecule has 34 heavy (non-hydrogen) atoms. The van der Waals surface area contributed by atoms with Gasteiger partial charge in [0.25, 0.3) is 0 Å². The third kappa shape index (κ3) is 4.43. The Morgan fingerprint density at radius 3 is 2.97 bits per heavy atom. The van der Waals surface area contributed by atoms with Crippen molar-refractivity contribution in [1.29, 1.82) is 0 Å². The van der Waals surface area contributed by atoms with E-state index in [1.807, 2.05) is 42.5 Å². The van der Waals surface area contributed by atoms with Gasteiger partial charge in [-0.05, 0) is 37.1 Å². The molecule has 0 amide bonds. The molecule has 176 valence electrons. The SMILES string of the molecule is c1cc(CNc2ccn[nH]2)nc(OC[C@@H]2CC[C@@H]3CN(c4noc5ccccc45)CCN3C2)c1. The molecule has 0 spiro atoms. The molecular formula is C25H29N7O2. The van der Waals surface area contributed by atoms with E-state index in [1.165, 1.54) is 6.42 Å². The highest BCUT2D eigenvalue weighted by molar-refractivity contribution is 5.88. The number of aromatic amines is 1. The minimum Gasteiger partial charge on any atom is -0.477 e. The molecule has 0 saturated carbocycles. The zero-order chi connectivity index (χ0) is 22.7. The number of nitrogens with one attached hydrogen (secondary N) is 2. The lowest BCUT2D eigenvalue weighted by molar-refractivity contribution is 0.0716.